The van der Waals surface area contributed by atoms with Crippen LogP contribution in [0.4, 0.5) is 10.2 Å². The number of nitriles is 1. The van der Waals surface area contributed by atoms with Crippen LogP contribution < -0.4 is 5.32 Å². The summed E-state index contributed by atoms with van der Waals surface area (Å²) in [5.41, 5.74) is 3.37. The molecule has 2 heterocycles. The van der Waals surface area contributed by atoms with Crippen molar-refractivity contribution in [2.45, 2.75) is 25.1 Å². The second kappa shape index (κ2) is 7.94. The first-order valence-electron chi connectivity index (χ1n) is 8.13. The van der Waals surface area contributed by atoms with Gasteiger partial charge in [0.25, 0.3) is 0 Å². The number of hydrogen-bond donors (Lipinski definition) is 1. The Morgan fingerprint density at radius 1 is 1.41 bits per heavy atom. The Labute approximate surface area is 164 Å². The van der Waals surface area contributed by atoms with Gasteiger partial charge in [-0.1, -0.05) is 17.8 Å². The van der Waals surface area contributed by atoms with Crippen LogP contribution in [0.3, 0.4) is 0 Å². The van der Waals surface area contributed by atoms with Crippen LogP contribution in [0, 0.1) is 37.9 Å². The van der Waals surface area contributed by atoms with E-state index in [-0.39, 0.29) is 17.5 Å². The second-order valence-corrected chi connectivity index (χ2v) is 8.03. The first-order valence-corrected chi connectivity index (χ1v) is 10.00. The summed E-state index contributed by atoms with van der Waals surface area (Å²) in [5, 5.41) is 14.3. The predicted molar refractivity (Wildman–Crippen MR) is 106 cm³/mol. The van der Waals surface area contributed by atoms with Crippen molar-refractivity contribution < 1.29 is 9.18 Å². The Morgan fingerprint density at radius 2 is 2.19 bits per heavy atom. The number of carbonyl (C=O) groups excluding carboxylic acids is 1. The van der Waals surface area contributed by atoms with Gasteiger partial charge in [0.2, 0.25) is 5.91 Å². The first kappa shape index (κ1) is 19.1. The molecule has 0 unspecified atom stereocenters. The predicted octanol–water partition coefficient (Wildman–Crippen LogP) is 4.60. The number of rotatable bonds is 5. The minimum Gasteiger partial charge on any atom is -0.310 e. The SMILES string of the molecule is Cc1csc(SCC(=O)Nc2c(C#N)c(C)c(C)n2-c2cccc(F)c2)n1. The number of thiazole rings is 1. The molecule has 0 atom stereocenters. The standard InChI is InChI=1S/C19H17FN4OS2/c1-11-9-26-19(22-11)27-10-17(25)23-18-16(8-21)12(2)13(3)24(18)15-6-4-5-14(20)7-15/h4-7,9H,10H2,1-3H3,(H,23,25). The summed E-state index contributed by atoms with van der Waals surface area (Å²) in [7, 11) is 0. The molecule has 27 heavy (non-hydrogen) atoms. The number of halogens is 1. The molecule has 1 aromatic carbocycles. The first-order chi connectivity index (χ1) is 12.9. The van der Waals surface area contributed by atoms with Crippen molar-refractivity contribution in [2.75, 3.05) is 11.1 Å². The fraction of sp³-hybridized carbons (Fsp3) is 0.211. The Bertz CT molecular complexity index is 1050. The van der Waals surface area contributed by atoms with Gasteiger partial charge in [0.05, 0.1) is 17.0 Å². The summed E-state index contributed by atoms with van der Waals surface area (Å²) in [4.78, 5) is 16.8. The number of carbonyl (C=O) groups is 1. The van der Waals surface area contributed by atoms with E-state index in [4.69, 9.17) is 0 Å². The van der Waals surface area contributed by atoms with E-state index in [2.05, 4.69) is 16.4 Å². The molecule has 3 aromatic rings. The number of aromatic nitrogens is 2. The average Bonchev–Trinajstić information content (AvgIpc) is 3.15. The lowest BCUT2D eigenvalue weighted by molar-refractivity contribution is -0.113. The topological polar surface area (TPSA) is 70.7 Å². The molecule has 0 aliphatic heterocycles. The van der Waals surface area contributed by atoms with Crippen molar-refractivity contribution in [3.63, 3.8) is 0 Å². The van der Waals surface area contributed by atoms with Crippen molar-refractivity contribution in [2.24, 2.45) is 0 Å². The fourth-order valence-corrected chi connectivity index (χ4v) is 4.34. The summed E-state index contributed by atoms with van der Waals surface area (Å²) in [6.45, 7) is 5.55. The van der Waals surface area contributed by atoms with E-state index in [0.717, 1.165) is 21.3 Å². The molecule has 3 rings (SSSR count). The van der Waals surface area contributed by atoms with Gasteiger partial charge in [0.15, 0.2) is 4.34 Å². The minimum absolute atomic E-state index is 0.171. The molecule has 1 N–H and O–H groups in total. The lowest BCUT2D eigenvalue weighted by Gasteiger charge is -2.13. The van der Waals surface area contributed by atoms with Gasteiger partial charge in [-0.05, 0) is 44.5 Å². The zero-order chi connectivity index (χ0) is 19.6. The molecular formula is C19H17FN4OS2. The zero-order valence-corrected chi connectivity index (χ0v) is 16.7. The highest BCUT2D eigenvalue weighted by atomic mass is 32.2. The lowest BCUT2D eigenvalue weighted by atomic mass is 10.2. The van der Waals surface area contributed by atoms with Gasteiger partial charge >= 0.3 is 0 Å². The van der Waals surface area contributed by atoms with Crippen molar-refractivity contribution >= 4 is 34.8 Å². The number of nitrogens with zero attached hydrogens (tertiary/aromatic N) is 3. The van der Waals surface area contributed by atoms with Gasteiger partial charge in [-0.3, -0.25) is 9.36 Å². The lowest BCUT2D eigenvalue weighted by Crippen LogP contribution is -2.17. The molecular weight excluding hydrogens is 383 g/mol. The normalized spacial score (nSPS) is 10.6. The Hall–Kier alpha value is -2.63. The molecule has 0 saturated heterocycles. The van der Waals surface area contributed by atoms with E-state index in [0.29, 0.717) is 17.1 Å². The quantitative estimate of drug-likeness (QED) is 0.636. The maximum absolute atomic E-state index is 13.7. The Balaban J connectivity index is 1.90. The van der Waals surface area contributed by atoms with Crippen LogP contribution in [-0.2, 0) is 4.79 Å². The third-order valence-electron chi connectivity index (χ3n) is 4.07. The fourth-order valence-electron chi connectivity index (χ4n) is 2.69. The van der Waals surface area contributed by atoms with Crippen LogP contribution in [0.15, 0.2) is 34.0 Å². The maximum Gasteiger partial charge on any atom is 0.235 e. The average molecular weight is 401 g/mol. The van der Waals surface area contributed by atoms with Crippen LogP contribution >= 0.6 is 23.1 Å². The molecule has 5 nitrogen and oxygen atoms in total. The van der Waals surface area contributed by atoms with E-state index < -0.39 is 0 Å². The second-order valence-electron chi connectivity index (χ2n) is 5.95. The highest BCUT2D eigenvalue weighted by molar-refractivity contribution is 8.01. The van der Waals surface area contributed by atoms with Gasteiger partial charge in [-0.2, -0.15) is 5.26 Å². The molecule has 0 saturated carbocycles. The highest BCUT2D eigenvalue weighted by Gasteiger charge is 2.21. The summed E-state index contributed by atoms with van der Waals surface area (Å²) in [5.74, 6) is -0.105. The zero-order valence-electron chi connectivity index (χ0n) is 15.0. The Kier molecular flexibility index (Phi) is 5.63. The van der Waals surface area contributed by atoms with Crippen molar-refractivity contribution in [3.8, 4) is 11.8 Å². The van der Waals surface area contributed by atoms with Gasteiger partial charge < -0.3 is 5.32 Å². The number of thioether (sulfide) groups is 1. The number of nitrogens with one attached hydrogen (secondary N) is 1. The third kappa shape index (κ3) is 4.04. The van der Waals surface area contributed by atoms with Crippen molar-refractivity contribution in [3.05, 3.63) is 58.0 Å². The summed E-state index contributed by atoms with van der Waals surface area (Å²) < 4.78 is 16.2. The molecule has 2 aromatic heterocycles. The van der Waals surface area contributed by atoms with E-state index in [9.17, 15) is 14.4 Å². The van der Waals surface area contributed by atoms with Crippen LogP contribution in [0.2, 0.25) is 0 Å². The summed E-state index contributed by atoms with van der Waals surface area (Å²) in [6.07, 6.45) is 0. The van der Waals surface area contributed by atoms with E-state index >= 15 is 0 Å². The van der Waals surface area contributed by atoms with Gasteiger partial charge in [-0.15, -0.1) is 11.3 Å². The number of aryl methyl sites for hydroxylation is 1. The van der Waals surface area contributed by atoms with Crippen LogP contribution in [0.25, 0.3) is 5.69 Å². The van der Waals surface area contributed by atoms with E-state index in [1.165, 1.54) is 35.2 Å². The minimum atomic E-state index is -0.385. The molecule has 8 heteroatoms. The number of amides is 1. The van der Waals surface area contributed by atoms with Gasteiger partial charge in [-0.25, -0.2) is 9.37 Å². The monoisotopic (exact) mass is 400 g/mol. The molecule has 0 aliphatic rings. The Morgan fingerprint density at radius 3 is 2.81 bits per heavy atom. The molecule has 0 fully saturated rings. The van der Waals surface area contributed by atoms with Crippen LogP contribution in [-0.4, -0.2) is 21.2 Å². The largest absolute Gasteiger partial charge is 0.310 e. The molecule has 0 aliphatic carbocycles. The molecule has 1 amide bonds. The number of anilines is 1. The van der Waals surface area contributed by atoms with Gasteiger partial charge in [0, 0.05) is 16.8 Å². The van der Waals surface area contributed by atoms with E-state index in [1.54, 1.807) is 16.7 Å². The molecule has 138 valence electrons. The summed E-state index contributed by atoms with van der Waals surface area (Å²) >= 11 is 2.83. The molecule has 0 radical (unpaired) electrons. The number of hydrogen-bond acceptors (Lipinski definition) is 5. The van der Waals surface area contributed by atoms with Crippen molar-refractivity contribution in [1.82, 2.24) is 9.55 Å². The summed E-state index contributed by atoms with van der Waals surface area (Å²) in [6, 6.07) is 8.20. The van der Waals surface area contributed by atoms with Crippen LogP contribution in [0.5, 0.6) is 0 Å². The van der Waals surface area contributed by atoms with Gasteiger partial charge in [0.1, 0.15) is 17.7 Å². The van der Waals surface area contributed by atoms with Crippen molar-refractivity contribution in [1.29, 1.82) is 5.26 Å². The maximum atomic E-state index is 13.7. The molecule has 0 bridgehead atoms. The third-order valence-corrected chi connectivity index (χ3v) is 6.21. The van der Waals surface area contributed by atoms with Crippen LogP contribution in [0.1, 0.15) is 22.5 Å². The van der Waals surface area contributed by atoms with E-state index in [1.807, 2.05) is 26.2 Å². The highest BCUT2D eigenvalue weighted by Crippen LogP contribution is 2.30. The number of benzene rings is 1. The smallest absolute Gasteiger partial charge is 0.235 e. The molecule has 0 spiro atoms.